The van der Waals surface area contributed by atoms with Crippen molar-refractivity contribution in [3.8, 4) is 17.2 Å². The minimum absolute atomic E-state index is 0.00597. The second-order valence-corrected chi connectivity index (χ2v) is 8.30. The Morgan fingerprint density at radius 1 is 1.18 bits per heavy atom. The Morgan fingerprint density at radius 3 is 2.76 bits per heavy atom. The molecule has 0 aliphatic carbocycles. The van der Waals surface area contributed by atoms with E-state index in [0.717, 1.165) is 11.8 Å². The number of pyridine rings is 1. The number of halogens is 3. The van der Waals surface area contributed by atoms with E-state index in [1.807, 2.05) is 6.92 Å². The Labute approximate surface area is 192 Å². The summed E-state index contributed by atoms with van der Waals surface area (Å²) in [4.78, 5) is 31.5. The molecule has 0 unspecified atom stereocenters. The van der Waals surface area contributed by atoms with E-state index in [0.29, 0.717) is 12.2 Å². The molecule has 3 aromatic rings. The van der Waals surface area contributed by atoms with Crippen LogP contribution in [0.2, 0.25) is 0 Å². The van der Waals surface area contributed by atoms with E-state index in [2.05, 4.69) is 4.98 Å². The largest absolute Gasteiger partial charge is 0.491 e. The summed E-state index contributed by atoms with van der Waals surface area (Å²) in [7, 11) is 0. The van der Waals surface area contributed by atoms with Gasteiger partial charge in [-0.25, -0.2) is 18.2 Å². The van der Waals surface area contributed by atoms with Crippen LogP contribution in [0.5, 0.6) is 11.5 Å². The summed E-state index contributed by atoms with van der Waals surface area (Å²) in [5.74, 6) is -4.31. The molecule has 0 spiro atoms. The fourth-order valence-electron chi connectivity index (χ4n) is 4.22. The molecule has 2 aromatic heterocycles. The first-order valence-corrected chi connectivity index (χ1v) is 10.7. The number of aryl methyl sites for hydroxylation is 1. The summed E-state index contributed by atoms with van der Waals surface area (Å²) in [6.07, 6.45) is 2.59. The highest BCUT2D eigenvalue weighted by Crippen LogP contribution is 2.40. The van der Waals surface area contributed by atoms with Crippen LogP contribution in [0.1, 0.15) is 21.7 Å². The predicted octanol–water partition coefficient (Wildman–Crippen LogP) is 2.59. The quantitative estimate of drug-likeness (QED) is 0.568. The minimum Gasteiger partial charge on any atom is -0.491 e. The standard InChI is InChI=1S/C23H21F3N4O4/c1-14-11-29(13-27-14)17-3-4-18-21(31)28(6-7-30(18)22(17)32)8-9-33-19-5-2-16(24)20-15(19)10-23(25,26)12-34-20/h2-5,11,13H,6-10,12H2,1H3. The van der Waals surface area contributed by atoms with E-state index in [-0.39, 0.29) is 53.9 Å². The van der Waals surface area contributed by atoms with Gasteiger partial charge in [0.15, 0.2) is 18.2 Å². The van der Waals surface area contributed by atoms with Gasteiger partial charge in [0.2, 0.25) is 0 Å². The maximum absolute atomic E-state index is 14.0. The average molecular weight is 474 g/mol. The van der Waals surface area contributed by atoms with E-state index in [1.165, 1.54) is 15.5 Å². The maximum atomic E-state index is 14.0. The molecule has 1 aromatic carbocycles. The first-order chi connectivity index (χ1) is 16.2. The molecular formula is C23H21F3N4O4. The van der Waals surface area contributed by atoms with Crippen LogP contribution < -0.4 is 15.0 Å². The molecule has 2 aliphatic heterocycles. The summed E-state index contributed by atoms with van der Waals surface area (Å²) >= 11 is 0. The Morgan fingerprint density at radius 2 is 2.00 bits per heavy atom. The maximum Gasteiger partial charge on any atom is 0.285 e. The molecule has 5 rings (SSSR count). The summed E-state index contributed by atoms with van der Waals surface area (Å²) in [5, 5.41) is 0. The van der Waals surface area contributed by atoms with Crippen LogP contribution in [0.25, 0.3) is 5.69 Å². The lowest BCUT2D eigenvalue weighted by atomic mass is 10.0. The van der Waals surface area contributed by atoms with Gasteiger partial charge in [0.1, 0.15) is 23.7 Å². The van der Waals surface area contributed by atoms with E-state index in [1.54, 1.807) is 29.2 Å². The first kappa shape index (κ1) is 22.1. The number of alkyl halides is 2. The normalized spacial score (nSPS) is 16.6. The number of benzene rings is 1. The lowest BCUT2D eigenvalue weighted by Crippen LogP contribution is -2.46. The molecular weight excluding hydrogens is 453 g/mol. The monoisotopic (exact) mass is 474 g/mol. The second-order valence-electron chi connectivity index (χ2n) is 8.30. The Balaban J connectivity index is 1.29. The molecule has 2 aliphatic rings. The van der Waals surface area contributed by atoms with Crippen LogP contribution >= 0.6 is 0 Å². The molecule has 0 saturated carbocycles. The zero-order chi connectivity index (χ0) is 24.0. The van der Waals surface area contributed by atoms with Crippen molar-refractivity contribution < 1.29 is 27.4 Å². The number of amides is 1. The highest BCUT2D eigenvalue weighted by Gasteiger charge is 2.39. The van der Waals surface area contributed by atoms with Gasteiger partial charge in [0, 0.05) is 31.3 Å². The van der Waals surface area contributed by atoms with Crippen LogP contribution in [0.4, 0.5) is 13.2 Å². The summed E-state index contributed by atoms with van der Waals surface area (Å²) < 4.78 is 55.1. The SMILES string of the molecule is Cc1cn(-c2ccc3n(c2=O)CCN(CCOc2ccc(F)c4c2CC(F)(F)CO4)C3=O)cn1. The number of carbonyl (C=O) groups excluding carboxylic acids is 1. The van der Waals surface area contributed by atoms with Crippen molar-refractivity contribution in [3.63, 3.8) is 0 Å². The van der Waals surface area contributed by atoms with Crippen molar-refractivity contribution >= 4 is 5.91 Å². The van der Waals surface area contributed by atoms with Crippen LogP contribution in [-0.4, -0.2) is 57.2 Å². The second kappa shape index (κ2) is 8.23. The van der Waals surface area contributed by atoms with E-state index >= 15 is 0 Å². The van der Waals surface area contributed by atoms with Gasteiger partial charge in [-0.05, 0) is 31.2 Å². The zero-order valence-corrected chi connectivity index (χ0v) is 18.3. The molecule has 0 atom stereocenters. The molecule has 0 N–H and O–H groups in total. The molecule has 0 fully saturated rings. The number of hydrogen-bond acceptors (Lipinski definition) is 5. The topological polar surface area (TPSA) is 78.6 Å². The van der Waals surface area contributed by atoms with Crippen LogP contribution in [-0.2, 0) is 13.0 Å². The molecule has 11 heteroatoms. The molecule has 34 heavy (non-hydrogen) atoms. The van der Waals surface area contributed by atoms with Crippen molar-refractivity contribution in [3.05, 3.63) is 69.9 Å². The minimum atomic E-state index is -3.12. The molecule has 1 amide bonds. The Kier molecular flexibility index (Phi) is 5.34. The zero-order valence-electron chi connectivity index (χ0n) is 18.3. The smallest absolute Gasteiger partial charge is 0.285 e. The summed E-state index contributed by atoms with van der Waals surface area (Å²) in [6, 6.07) is 5.56. The number of rotatable bonds is 5. The fourth-order valence-corrected chi connectivity index (χ4v) is 4.22. The van der Waals surface area contributed by atoms with Gasteiger partial charge < -0.3 is 23.5 Å². The number of carbonyl (C=O) groups is 1. The third kappa shape index (κ3) is 3.91. The van der Waals surface area contributed by atoms with Gasteiger partial charge in [-0.2, -0.15) is 0 Å². The van der Waals surface area contributed by atoms with Gasteiger partial charge in [0.25, 0.3) is 17.4 Å². The van der Waals surface area contributed by atoms with E-state index in [4.69, 9.17) is 9.47 Å². The van der Waals surface area contributed by atoms with Crippen molar-refractivity contribution in [2.75, 3.05) is 26.3 Å². The number of fused-ring (bicyclic) bond motifs is 2. The fraction of sp³-hybridized carbons (Fsp3) is 0.348. The highest BCUT2D eigenvalue weighted by molar-refractivity contribution is 5.93. The first-order valence-electron chi connectivity index (χ1n) is 10.7. The third-order valence-corrected chi connectivity index (χ3v) is 5.90. The van der Waals surface area contributed by atoms with Gasteiger partial charge in [-0.3, -0.25) is 9.59 Å². The van der Waals surface area contributed by atoms with E-state index in [9.17, 15) is 22.8 Å². The number of aromatic nitrogens is 3. The number of imidazole rings is 1. The third-order valence-electron chi connectivity index (χ3n) is 5.90. The Hall–Kier alpha value is -3.76. The van der Waals surface area contributed by atoms with Gasteiger partial charge >= 0.3 is 0 Å². The van der Waals surface area contributed by atoms with Gasteiger partial charge in [0.05, 0.1) is 18.6 Å². The van der Waals surface area contributed by atoms with Crippen LogP contribution in [0.3, 0.4) is 0 Å². The average Bonchev–Trinajstić information content (AvgIpc) is 3.22. The molecule has 0 bridgehead atoms. The molecule has 8 nitrogen and oxygen atoms in total. The van der Waals surface area contributed by atoms with Crippen molar-refractivity contribution in [2.24, 2.45) is 0 Å². The lowest BCUT2D eigenvalue weighted by molar-refractivity contribution is -0.0534. The summed E-state index contributed by atoms with van der Waals surface area (Å²) in [5.41, 5.74) is 1.10. The van der Waals surface area contributed by atoms with Gasteiger partial charge in [-0.1, -0.05) is 0 Å². The number of ether oxygens (including phenoxy) is 2. The number of hydrogen-bond donors (Lipinski definition) is 0. The van der Waals surface area contributed by atoms with Crippen LogP contribution in [0, 0.1) is 12.7 Å². The predicted molar refractivity (Wildman–Crippen MR) is 115 cm³/mol. The lowest BCUT2D eigenvalue weighted by Gasteiger charge is -2.30. The van der Waals surface area contributed by atoms with E-state index < -0.39 is 24.8 Å². The molecule has 178 valence electrons. The van der Waals surface area contributed by atoms with Crippen molar-refractivity contribution in [1.82, 2.24) is 19.0 Å². The van der Waals surface area contributed by atoms with Crippen LogP contribution in [0.15, 0.2) is 41.6 Å². The van der Waals surface area contributed by atoms with Crippen molar-refractivity contribution in [2.45, 2.75) is 25.8 Å². The molecule has 0 saturated heterocycles. The number of nitrogens with zero attached hydrogens (tertiary/aromatic N) is 4. The highest BCUT2D eigenvalue weighted by atomic mass is 19.3. The van der Waals surface area contributed by atoms with Crippen molar-refractivity contribution in [1.29, 1.82) is 0 Å². The Bertz CT molecular complexity index is 1330. The van der Waals surface area contributed by atoms with Gasteiger partial charge in [-0.15, -0.1) is 0 Å². The summed E-state index contributed by atoms with van der Waals surface area (Å²) in [6.45, 7) is 1.68. The molecule has 0 radical (unpaired) electrons. The molecule has 4 heterocycles.